The molecule has 0 spiro atoms. The molecule has 5 heteroatoms. The third kappa shape index (κ3) is 5.42. The number of carbonyl (C=O) groups is 2. The number of Topliss-reactive ketones (excluding diaryl/α,β-unsaturated/α-hetero) is 1. The number of benzene rings is 1. The number of hydrogen-bond donors (Lipinski definition) is 0. The van der Waals surface area contributed by atoms with Gasteiger partial charge in [-0.25, -0.2) is 0 Å². The maximum Gasteiger partial charge on any atom is 0.147 e. The summed E-state index contributed by atoms with van der Waals surface area (Å²) in [4.78, 5) is 29.8. The van der Waals surface area contributed by atoms with Crippen molar-refractivity contribution in [2.75, 3.05) is 58.3 Å². The van der Waals surface area contributed by atoms with Gasteiger partial charge in [0.15, 0.2) is 0 Å². The molecule has 1 unspecified atom stereocenters. The monoisotopic (exact) mass is 331 g/mol. The molecule has 0 saturated carbocycles. The van der Waals surface area contributed by atoms with Crippen molar-refractivity contribution in [1.29, 1.82) is 0 Å². The number of aldehydes is 1. The zero-order chi connectivity index (χ0) is 17.5. The van der Waals surface area contributed by atoms with Gasteiger partial charge in [0.05, 0.1) is 6.54 Å². The van der Waals surface area contributed by atoms with Crippen LogP contribution in [0.1, 0.15) is 12.0 Å². The van der Waals surface area contributed by atoms with Crippen LogP contribution in [0.4, 0.5) is 5.69 Å². The smallest absolute Gasteiger partial charge is 0.147 e. The second-order valence-electron chi connectivity index (χ2n) is 6.95. The Morgan fingerprint density at radius 1 is 1.21 bits per heavy atom. The molecule has 0 amide bonds. The molecule has 1 saturated heterocycles. The zero-order valence-corrected chi connectivity index (χ0v) is 15.1. The molecular formula is C19H29N3O2. The Balaban J connectivity index is 1.82. The lowest BCUT2D eigenvalue weighted by molar-refractivity contribution is -0.123. The lowest BCUT2D eigenvalue weighted by atomic mass is 10.0. The van der Waals surface area contributed by atoms with Crippen molar-refractivity contribution in [3.8, 4) is 0 Å². The van der Waals surface area contributed by atoms with Gasteiger partial charge in [-0.15, -0.1) is 0 Å². The molecule has 1 heterocycles. The Morgan fingerprint density at radius 3 is 2.46 bits per heavy atom. The van der Waals surface area contributed by atoms with E-state index in [-0.39, 0.29) is 11.7 Å². The number of carbonyl (C=O) groups excluding carboxylic acids is 2. The Hall–Kier alpha value is -1.72. The second-order valence-corrected chi connectivity index (χ2v) is 6.95. The molecule has 24 heavy (non-hydrogen) atoms. The summed E-state index contributed by atoms with van der Waals surface area (Å²) in [5, 5.41) is 0. The van der Waals surface area contributed by atoms with Crippen molar-refractivity contribution in [2.45, 2.75) is 13.3 Å². The molecule has 0 N–H and O–H groups in total. The topological polar surface area (TPSA) is 43.9 Å². The molecule has 0 radical (unpaired) electrons. The van der Waals surface area contributed by atoms with Crippen LogP contribution in [0.2, 0.25) is 0 Å². The lowest BCUT2D eigenvalue weighted by Crippen LogP contribution is -2.48. The van der Waals surface area contributed by atoms with Crippen molar-refractivity contribution >= 4 is 17.8 Å². The van der Waals surface area contributed by atoms with E-state index in [1.165, 1.54) is 11.3 Å². The van der Waals surface area contributed by atoms with E-state index >= 15 is 0 Å². The molecule has 1 aromatic carbocycles. The molecule has 5 nitrogen and oxygen atoms in total. The fourth-order valence-electron chi connectivity index (χ4n) is 3.29. The van der Waals surface area contributed by atoms with Crippen LogP contribution in [0.15, 0.2) is 24.3 Å². The number of anilines is 1. The van der Waals surface area contributed by atoms with Crippen molar-refractivity contribution in [2.24, 2.45) is 5.92 Å². The number of hydrogen-bond acceptors (Lipinski definition) is 5. The number of likely N-dealkylation sites (N-methyl/N-ethyl adjacent to an activating group) is 1. The van der Waals surface area contributed by atoms with E-state index in [0.29, 0.717) is 19.5 Å². The zero-order valence-electron chi connectivity index (χ0n) is 15.1. The summed E-state index contributed by atoms with van der Waals surface area (Å²) >= 11 is 0. The Labute approximate surface area is 145 Å². The predicted octanol–water partition coefficient (Wildman–Crippen LogP) is 1.45. The van der Waals surface area contributed by atoms with Gasteiger partial charge in [-0.2, -0.15) is 0 Å². The van der Waals surface area contributed by atoms with E-state index in [1.54, 1.807) is 0 Å². The van der Waals surface area contributed by atoms with Gasteiger partial charge in [0.1, 0.15) is 12.1 Å². The average Bonchev–Trinajstić information content (AvgIpc) is 2.55. The van der Waals surface area contributed by atoms with E-state index in [1.807, 2.05) is 19.0 Å². The third-order valence-corrected chi connectivity index (χ3v) is 4.50. The van der Waals surface area contributed by atoms with Crippen LogP contribution in [0.25, 0.3) is 0 Å². The van der Waals surface area contributed by atoms with Gasteiger partial charge >= 0.3 is 0 Å². The molecule has 1 aliphatic rings. The molecule has 2 rings (SSSR count). The fourth-order valence-corrected chi connectivity index (χ4v) is 3.29. The van der Waals surface area contributed by atoms with Crippen molar-refractivity contribution in [3.63, 3.8) is 0 Å². The maximum atomic E-state index is 11.9. The summed E-state index contributed by atoms with van der Waals surface area (Å²) in [5.74, 6) is -0.0573. The Bertz CT molecular complexity index is 551. The summed E-state index contributed by atoms with van der Waals surface area (Å²) in [6.07, 6.45) is 1.29. The molecule has 0 aliphatic carbocycles. The molecular weight excluding hydrogens is 302 g/mol. The first kappa shape index (κ1) is 18.6. The van der Waals surface area contributed by atoms with Gasteiger partial charge < -0.3 is 14.6 Å². The summed E-state index contributed by atoms with van der Waals surface area (Å²) < 4.78 is 0. The summed E-state index contributed by atoms with van der Waals surface area (Å²) in [6, 6.07) is 8.45. The normalized spacial score (nSPS) is 17.1. The van der Waals surface area contributed by atoms with Crippen LogP contribution in [0, 0.1) is 12.8 Å². The SMILES string of the molecule is Cc1ccccc1N1CCN(CC(C=O)CC(=O)CN(C)C)CC1. The standard InChI is InChI=1S/C19H29N3O2/c1-16-6-4-5-7-19(16)22-10-8-21(9-11-22)13-17(15-23)12-18(24)14-20(2)3/h4-7,15,17H,8-14H2,1-3H3. The number of rotatable bonds is 8. The van der Waals surface area contributed by atoms with Crippen molar-refractivity contribution in [3.05, 3.63) is 29.8 Å². The Kier molecular flexibility index (Phi) is 6.94. The number of ketones is 1. The molecule has 1 atom stereocenters. The van der Waals surface area contributed by atoms with Crippen LogP contribution >= 0.6 is 0 Å². The minimum Gasteiger partial charge on any atom is -0.369 e. The van der Waals surface area contributed by atoms with Crippen LogP contribution in [0.3, 0.4) is 0 Å². The van der Waals surface area contributed by atoms with E-state index in [4.69, 9.17) is 0 Å². The van der Waals surface area contributed by atoms with Crippen molar-refractivity contribution in [1.82, 2.24) is 9.80 Å². The van der Waals surface area contributed by atoms with Crippen molar-refractivity contribution < 1.29 is 9.59 Å². The van der Waals surface area contributed by atoms with E-state index in [2.05, 4.69) is 41.0 Å². The van der Waals surface area contributed by atoms with Gasteiger partial charge in [-0.3, -0.25) is 9.69 Å². The van der Waals surface area contributed by atoms with Gasteiger partial charge in [-0.05, 0) is 32.6 Å². The van der Waals surface area contributed by atoms with Crippen LogP contribution in [0.5, 0.6) is 0 Å². The van der Waals surface area contributed by atoms with Crippen LogP contribution in [-0.4, -0.2) is 75.2 Å². The minimum absolute atomic E-state index is 0.135. The first-order chi connectivity index (χ1) is 11.5. The molecule has 132 valence electrons. The highest BCUT2D eigenvalue weighted by Crippen LogP contribution is 2.21. The van der Waals surface area contributed by atoms with Gasteiger partial charge in [0.25, 0.3) is 0 Å². The van der Waals surface area contributed by atoms with Gasteiger partial charge in [0.2, 0.25) is 0 Å². The first-order valence-corrected chi connectivity index (χ1v) is 8.64. The number of aryl methyl sites for hydroxylation is 1. The Morgan fingerprint density at radius 2 is 1.88 bits per heavy atom. The van der Waals surface area contributed by atoms with Crippen LogP contribution < -0.4 is 4.90 Å². The van der Waals surface area contributed by atoms with E-state index in [0.717, 1.165) is 32.5 Å². The highest BCUT2D eigenvalue weighted by molar-refractivity contribution is 5.83. The van der Waals surface area contributed by atoms with Gasteiger partial charge in [-0.1, -0.05) is 18.2 Å². The molecule has 1 fully saturated rings. The van der Waals surface area contributed by atoms with Gasteiger partial charge in [0, 0.05) is 50.7 Å². The number of piperazine rings is 1. The third-order valence-electron chi connectivity index (χ3n) is 4.50. The quantitative estimate of drug-likeness (QED) is 0.675. The predicted molar refractivity (Wildman–Crippen MR) is 97.6 cm³/mol. The highest BCUT2D eigenvalue weighted by atomic mass is 16.1. The summed E-state index contributed by atoms with van der Waals surface area (Å²) in [7, 11) is 3.75. The second kappa shape index (κ2) is 8.94. The molecule has 1 aliphatic heterocycles. The fraction of sp³-hybridized carbons (Fsp3) is 0.579. The first-order valence-electron chi connectivity index (χ1n) is 8.64. The van der Waals surface area contributed by atoms with Crippen LogP contribution in [-0.2, 0) is 9.59 Å². The maximum absolute atomic E-state index is 11.9. The highest BCUT2D eigenvalue weighted by Gasteiger charge is 2.22. The lowest BCUT2D eigenvalue weighted by Gasteiger charge is -2.37. The summed E-state index contributed by atoms with van der Waals surface area (Å²) in [6.45, 7) is 7.02. The average molecular weight is 331 g/mol. The molecule has 0 aromatic heterocycles. The van der Waals surface area contributed by atoms with E-state index in [9.17, 15) is 9.59 Å². The molecule has 0 bridgehead atoms. The van der Waals surface area contributed by atoms with E-state index < -0.39 is 0 Å². The number of para-hydroxylation sites is 1. The summed E-state index contributed by atoms with van der Waals surface area (Å²) in [5.41, 5.74) is 2.59. The molecule has 1 aromatic rings. The number of nitrogens with zero attached hydrogens (tertiary/aromatic N) is 3. The largest absolute Gasteiger partial charge is 0.369 e. The minimum atomic E-state index is -0.192.